The van der Waals surface area contributed by atoms with Crippen molar-refractivity contribution in [2.75, 3.05) is 6.54 Å². The van der Waals surface area contributed by atoms with E-state index in [1.807, 2.05) is 26.1 Å². The fourth-order valence-corrected chi connectivity index (χ4v) is 3.07. The molecule has 0 aliphatic heterocycles. The molecule has 1 heterocycles. The summed E-state index contributed by atoms with van der Waals surface area (Å²) >= 11 is 4.98. The van der Waals surface area contributed by atoms with Gasteiger partial charge in [-0.05, 0) is 31.7 Å². The van der Waals surface area contributed by atoms with Crippen LogP contribution >= 0.6 is 27.3 Å². The average Bonchev–Trinajstić information content (AvgIpc) is 2.76. The Balaban J connectivity index is 2.44. The quantitative estimate of drug-likeness (QED) is 0.915. The van der Waals surface area contributed by atoms with Crippen LogP contribution in [0.5, 0.6) is 0 Å². The van der Waals surface area contributed by atoms with Crippen LogP contribution in [0.4, 0.5) is 4.39 Å². The molecular weight excluding hydrogens is 315 g/mol. The van der Waals surface area contributed by atoms with Crippen molar-refractivity contribution in [3.05, 3.63) is 50.1 Å². The molecule has 18 heavy (non-hydrogen) atoms. The molecule has 1 aromatic heterocycles. The summed E-state index contributed by atoms with van der Waals surface area (Å²) in [5.41, 5.74) is 0.648. The van der Waals surface area contributed by atoms with E-state index in [0.717, 1.165) is 20.9 Å². The number of hydrogen-bond acceptors (Lipinski definition) is 3. The van der Waals surface area contributed by atoms with Gasteiger partial charge in [-0.1, -0.05) is 22.9 Å². The minimum absolute atomic E-state index is 0.140. The molecule has 5 heteroatoms. The van der Waals surface area contributed by atoms with Gasteiger partial charge in [0, 0.05) is 21.1 Å². The second-order valence-electron chi connectivity index (χ2n) is 3.94. The molecule has 0 amide bonds. The van der Waals surface area contributed by atoms with Crippen molar-refractivity contribution in [1.29, 1.82) is 0 Å². The molecule has 1 unspecified atom stereocenters. The topological polar surface area (TPSA) is 24.9 Å². The Morgan fingerprint density at radius 1 is 1.50 bits per heavy atom. The molecule has 0 aliphatic rings. The summed E-state index contributed by atoms with van der Waals surface area (Å²) in [6, 6.07) is 4.87. The first kappa shape index (κ1) is 13.6. The molecule has 0 spiro atoms. The summed E-state index contributed by atoms with van der Waals surface area (Å²) in [5, 5.41) is 4.30. The Kier molecular flexibility index (Phi) is 4.48. The van der Waals surface area contributed by atoms with E-state index < -0.39 is 0 Å². The molecule has 2 nitrogen and oxygen atoms in total. The lowest BCUT2D eigenvalue weighted by atomic mass is 10.1. The van der Waals surface area contributed by atoms with Crippen LogP contribution in [-0.2, 0) is 0 Å². The number of halogens is 2. The van der Waals surface area contributed by atoms with Crippen LogP contribution in [0.2, 0.25) is 0 Å². The van der Waals surface area contributed by atoms with Gasteiger partial charge in [0.25, 0.3) is 0 Å². The number of benzene rings is 1. The first-order chi connectivity index (χ1) is 8.61. The number of aryl methyl sites for hydroxylation is 1. The van der Waals surface area contributed by atoms with E-state index in [2.05, 4.69) is 26.2 Å². The molecule has 2 rings (SSSR count). The van der Waals surface area contributed by atoms with Crippen LogP contribution in [0.25, 0.3) is 0 Å². The standard InChI is InChI=1S/C13H14BrFN2S/c1-3-16-13(12-7-17-8(2)18-12)10-6-9(14)4-5-11(10)15/h4-7,13,16H,3H2,1-2H3. The minimum atomic E-state index is -0.199. The third kappa shape index (κ3) is 2.96. The molecule has 0 aliphatic carbocycles. The van der Waals surface area contributed by atoms with Gasteiger partial charge in [0.15, 0.2) is 0 Å². The van der Waals surface area contributed by atoms with Gasteiger partial charge in [0.05, 0.1) is 11.0 Å². The van der Waals surface area contributed by atoms with Crippen molar-refractivity contribution >= 4 is 27.3 Å². The van der Waals surface area contributed by atoms with Crippen molar-refractivity contribution < 1.29 is 4.39 Å². The van der Waals surface area contributed by atoms with Crippen molar-refractivity contribution in [1.82, 2.24) is 10.3 Å². The highest BCUT2D eigenvalue weighted by molar-refractivity contribution is 9.10. The van der Waals surface area contributed by atoms with E-state index >= 15 is 0 Å². The Labute approximate surface area is 118 Å². The summed E-state index contributed by atoms with van der Waals surface area (Å²) in [5.74, 6) is -0.199. The van der Waals surface area contributed by atoms with Gasteiger partial charge in [-0.25, -0.2) is 9.37 Å². The van der Waals surface area contributed by atoms with E-state index in [-0.39, 0.29) is 11.9 Å². The zero-order chi connectivity index (χ0) is 13.1. The van der Waals surface area contributed by atoms with E-state index in [1.54, 1.807) is 17.4 Å². The number of nitrogens with zero attached hydrogens (tertiary/aromatic N) is 1. The van der Waals surface area contributed by atoms with Crippen LogP contribution in [0.15, 0.2) is 28.9 Å². The number of rotatable bonds is 4. The van der Waals surface area contributed by atoms with Gasteiger partial charge < -0.3 is 5.32 Å². The van der Waals surface area contributed by atoms with Crippen LogP contribution in [-0.4, -0.2) is 11.5 Å². The zero-order valence-corrected chi connectivity index (χ0v) is 12.6. The molecule has 0 bridgehead atoms. The minimum Gasteiger partial charge on any atom is -0.306 e. The second-order valence-corrected chi connectivity index (χ2v) is 6.12. The van der Waals surface area contributed by atoms with E-state index in [4.69, 9.17) is 0 Å². The van der Waals surface area contributed by atoms with Crippen molar-refractivity contribution in [3.63, 3.8) is 0 Å². The summed E-state index contributed by atoms with van der Waals surface area (Å²) in [6.45, 7) is 4.73. The molecule has 2 aromatic rings. The van der Waals surface area contributed by atoms with Crippen LogP contribution < -0.4 is 5.32 Å². The fourth-order valence-electron chi connectivity index (χ4n) is 1.82. The van der Waals surface area contributed by atoms with Crippen LogP contribution in [0.1, 0.15) is 28.4 Å². The van der Waals surface area contributed by atoms with E-state index in [9.17, 15) is 4.39 Å². The molecule has 96 valence electrons. The summed E-state index contributed by atoms with van der Waals surface area (Å²) in [7, 11) is 0. The molecular formula is C13H14BrFN2S. The van der Waals surface area contributed by atoms with Gasteiger partial charge >= 0.3 is 0 Å². The van der Waals surface area contributed by atoms with Crippen molar-refractivity contribution in [2.45, 2.75) is 19.9 Å². The lowest BCUT2D eigenvalue weighted by molar-refractivity contribution is 0.562. The normalized spacial score (nSPS) is 12.7. The predicted octanol–water partition coefficient (Wildman–Crippen LogP) is 4.05. The lowest BCUT2D eigenvalue weighted by Gasteiger charge is -2.17. The highest BCUT2D eigenvalue weighted by Crippen LogP contribution is 2.30. The molecule has 0 radical (unpaired) electrons. The molecule has 0 saturated heterocycles. The SMILES string of the molecule is CCNC(c1cnc(C)s1)c1cc(Br)ccc1F. The Bertz CT molecular complexity index is 542. The first-order valence-corrected chi connectivity index (χ1v) is 7.33. The van der Waals surface area contributed by atoms with Gasteiger partial charge in [-0.3, -0.25) is 0 Å². The molecule has 1 aromatic carbocycles. The van der Waals surface area contributed by atoms with Crippen LogP contribution in [0, 0.1) is 12.7 Å². The van der Waals surface area contributed by atoms with Crippen molar-refractivity contribution in [3.8, 4) is 0 Å². The highest BCUT2D eigenvalue weighted by atomic mass is 79.9. The van der Waals surface area contributed by atoms with Gasteiger partial charge in [-0.2, -0.15) is 0 Å². The first-order valence-electron chi connectivity index (χ1n) is 5.72. The Hall–Kier alpha value is -0.780. The summed E-state index contributed by atoms with van der Waals surface area (Å²) in [6.07, 6.45) is 1.81. The monoisotopic (exact) mass is 328 g/mol. The van der Waals surface area contributed by atoms with E-state index in [0.29, 0.717) is 5.56 Å². The van der Waals surface area contributed by atoms with Gasteiger partial charge in [0.1, 0.15) is 5.82 Å². The maximum Gasteiger partial charge on any atom is 0.128 e. The van der Waals surface area contributed by atoms with E-state index in [1.165, 1.54) is 6.07 Å². The molecule has 1 N–H and O–H groups in total. The van der Waals surface area contributed by atoms with Gasteiger partial charge in [-0.15, -0.1) is 11.3 Å². The third-order valence-corrected chi connectivity index (χ3v) is 4.07. The largest absolute Gasteiger partial charge is 0.306 e. The molecule has 1 atom stereocenters. The highest BCUT2D eigenvalue weighted by Gasteiger charge is 2.19. The maximum atomic E-state index is 14.0. The number of thiazole rings is 1. The smallest absolute Gasteiger partial charge is 0.128 e. The number of hydrogen-bond donors (Lipinski definition) is 1. The Morgan fingerprint density at radius 3 is 2.89 bits per heavy atom. The lowest BCUT2D eigenvalue weighted by Crippen LogP contribution is -2.22. The number of nitrogens with one attached hydrogen (secondary N) is 1. The molecule has 0 fully saturated rings. The van der Waals surface area contributed by atoms with Crippen molar-refractivity contribution in [2.24, 2.45) is 0 Å². The molecule has 0 saturated carbocycles. The maximum absolute atomic E-state index is 14.0. The fraction of sp³-hybridized carbons (Fsp3) is 0.308. The zero-order valence-electron chi connectivity index (χ0n) is 10.2. The average molecular weight is 329 g/mol. The predicted molar refractivity (Wildman–Crippen MR) is 76.5 cm³/mol. The summed E-state index contributed by atoms with van der Waals surface area (Å²) in [4.78, 5) is 5.28. The van der Waals surface area contributed by atoms with Crippen LogP contribution in [0.3, 0.4) is 0 Å². The Morgan fingerprint density at radius 2 is 2.28 bits per heavy atom. The third-order valence-electron chi connectivity index (χ3n) is 2.60. The second kappa shape index (κ2) is 5.91. The summed E-state index contributed by atoms with van der Waals surface area (Å²) < 4.78 is 14.8. The number of aromatic nitrogens is 1. The van der Waals surface area contributed by atoms with Gasteiger partial charge in [0.2, 0.25) is 0 Å².